The van der Waals surface area contributed by atoms with Gasteiger partial charge in [-0.05, 0) is 78.6 Å². The molecule has 0 spiro atoms. The van der Waals surface area contributed by atoms with Crippen molar-refractivity contribution >= 4 is 33.8 Å². The van der Waals surface area contributed by atoms with Gasteiger partial charge in [0.2, 0.25) is 27.7 Å². The molecule has 222 valence electrons. The van der Waals surface area contributed by atoms with E-state index in [9.17, 15) is 27.6 Å². The standard InChI is InChI=1S/C15H25NO3S.C12H21N3O4/c1-3-4-5-6-7-8-12-11-13(12)14(17)16-20(18,19)15(2)9-10-15;1-12(2,3)19-11(18)14-7-9(16)15-6-4-5-8(15)10(13)17/h7-8,12-13H,3-6,9-11H2,1-2H3,(H,16,17);8H,4-7H2,1-3H3,(H2,13,17)(H,14,18)/b8-7-;/t12?,13-;/m0./s1. The summed E-state index contributed by atoms with van der Waals surface area (Å²) in [4.78, 5) is 47.8. The van der Waals surface area contributed by atoms with E-state index in [0.717, 1.165) is 19.3 Å². The van der Waals surface area contributed by atoms with Crippen molar-refractivity contribution in [3.8, 4) is 0 Å². The van der Waals surface area contributed by atoms with Crippen LogP contribution >= 0.6 is 0 Å². The molecule has 0 aromatic carbocycles. The molecule has 1 heterocycles. The van der Waals surface area contributed by atoms with Gasteiger partial charge >= 0.3 is 6.09 Å². The number of unbranched alkanes of at least 4 members (excludes halogenated alkanes) is 3. The predicted molar refractivity (Wildman–Crippen MR) is 148 cm³/mol. The van der Waals surface area contributed by atoms with Gasteiger partial charge in [0, 0.05) is 12.5 Å². The second-order valence-corrected chi connectivity index (χ2v) is 14.0. The summed E-state index contributed by atoms with van der Waals surface area (Å²) in [6, 6.07) is -0.562. The Morgan fingerprint density at radius 1 is 1.15 bits per heavy atom. The first-order valence-electron chi connectivity index (χ1n) is 13.9. The number of alkyl carbamates (subject to hydrolysis) is 1. The number of carbonyl (C=O) groups is 4. The van der Waals surface area contributed by atoms with Crippen molar-refractivity contribution in [2.24, 2.45) is 17.6 Å². The van der Waals surface area contributed by atoms with E-state index in [0.29, 0.717) is 25.8 Å². The van der Waals surface area contributed by atoms with Crippen LogP contribution in [0.25, 0.3) is 0 Å². The Kier molecular flexibility index (Phi) is 11.4. The number of ether oxygens (including phenoxy) is 1. The van der Waals surface area contributed by atoms with Gasteiger partial charge < -0.3 is 20.7 Å². The molecule has 0 radical (unpaired) electrons. The number of hydrogen-bond acceptors (Lipinski definition) is 7. The van der Waals surface area contributed by atoms with Gasteiger partial charge in [0.25, 0.3) is 0 Å². The summed E-state index contributed by atoms with van der Waals surface area (Å²) in [6.07, 6.45) is 11.6. The zero-order chi connectivity index (χ0) is 29.4. The van der Waals surface area contributed by atoms with Gasteiger partial charge in [-0.3, -0.25) is 19.1 Å². The fourth-order valence-corrected chi connectivity index (χ4v) is 5.51. The van der Waals surface area contributed by atoms with E-state index in [1.807, 2.05) is 0 Å². The van der Waals surface area contributed by atoms with Crippen LogP contribution in [0.2, 0.25) is 0 Å². The third-order valence-electron chi connectivity index (χ3n) is 7.06. The second-order valence-electron chi connectivity index (χ2n) is 11.9. The Labute approximate surface area is 232 Å². The topological polar surface area (TPSA) is 165 Å². The summed E-state index contributed by atoms with van der Waals surface area (Å²) >= 11 is 0. The average Bonchev–Trinajstić information content (AvgIpc) is 3.72. The van der Waals surface area contributed by atoms with Gasteiger partial charge in [0.05, 0.1) is 4.75 Å². The van der Waals surface area contributed by atoms with E-state index >= 15 is 0 Å². The number of nitrogens with zero attached hydrogens (tertiary/aromatic N) is 1. The summed E-state index contributed by atoms with van der Waals surface area (Å²) < 4.78 is 30.5. The van der Waals surface area contributed by atoms with Crippen molar-refractivity contribution in [3.63, 3.8) is 0 Å². The van der Waals surface area contributed by atoms with Crippen LogP contribution < -0.4 is 15.8 Å². The Balaban J connectivity index is 0.000000274. The zero-order valence-corrected chi connectivity index (χ0v) is 24.8. The largest absolute Gasteiger partial charge is 0.444 e. The van der Waals surface area contributed by atoms with Gasteiger partial charge in [-0.25, -0.2) is 13.2 Å². The first-order chi connectivity index (χ1) is 18.1. The highest BCUT2D eigenvalue weighted by Crippen LogP contribution is 2.44. The minimum atomic E-state index is -3.47. The van der Waals surface area contributed by atoms with Gasteiger partial charge in [-0.2, -0.15) is 0 Å². The minimum Gasteiger partial charge on any atom is -0.444 e. The number of nitrogens with two attached hydrogens (primary N) is 1. The van der Waals surface area contributed by atoms with Gasteiger partial charge in [0.15, 0.2) is 0 Å². The number of nitrogens with one attached hydrogen (secondary N) is 2. The van der Waals surface area contributed by atoms with Crippen molar-refractivity contribution in [2.45, 2.75) is 109 Å². The number of primary amides is 1. The lowest BCUT2D eigenvalue weighted by Crippen LogP contribution is -2.48. The van der Waals surface area contributed by atoms with Crippen LogP contribution in [0.3, 0.4) is 0 Å². The van der Waals surface area contributed by atoms with Crippen LogP contribution in [0.1, 0.15) is 92.4 Å². The van der Waals surface area contributed by atoms with Crippen molar-refractivity contribution in [2.75, 3.05) is 13.1 Å². The SMILES string of the molecule is CC(C)(C)OC(=O)NCC(=O)N1CCCC1C(N)=O.CCCCC/C=C\C1C[C@@H]1C(=O)NS(=O)(=O)C1(C)CC1. The number of hydrogen-bond donors (Lipinski definition) is 3. The molecule has 1 saturated heterocycles. The summed E-state index contributed by atoms with van der Waals surface area (Å²) in [7, 11) is -3.47. The lowest BCUT2D eigenvalue weighted by atomic mass is 10.2. The van der Waals surface area contributed by atoms with E-state index in [1.165, 1.54) is 24.2 Å². The minimum absolute atomic E-state index is 0.144. The molecule has 2 aliphatic carbocycles. The third-order valence-corrected chi connectivity index (χ3v) is 9.23. The average molecular weight is 571 g/mol. The molecule has 3 aliphatic rings. The third kappa shape index (κ3) is 10.5. The van der Waals surface area contributed by atoms with Crippen molar-refractivity contribution < 1.29 is 32.3 Å². The van der Waals surface area contributed by atoms with Gasteiger partial charge in [-0.15, -0.1) is 0 Å². The molecule has 0 bridgehead atoms. The van der Waals surface area contributed by atoms with E-state index in [1.54, 1.807) is 27.7 Å². The Bertz CT molecular complexity index is 1030. The summed E-state index contributed by atoms with van der Waals surface area (Å²) in [5.74, 6) is -1.06. The maximum absolute atomic E-state index is 11.9. The first kappa shape index (κ1) is 32.6. The quantitative estimate of drug-likeness (QED) is 0.254. The highest BCUT2D eigenvalue weighted by atomic mass is 32.2. The molecule has 1 aliphatic heterocycles. The van der Waals surface area contributed by atoms with Gasteiger partial charge in [0.1, 0.15) is 18.2 Å². The lowest BCUT2D eigenvalue weighted by molar-refractivity contribution is -0.136. The fraction of sp³-hybridized carbons (Fsp3) is 0.778. The maximum Gasteiger partial charge on any atom is 0.408 e. The molecule has 3 fully saturated rings. The molecule has 3 rings (SSSR count). The van der Waals surface area contributed by atoms with Crippen LogP contribution in [0.5, 0.6) is 0 Å². The monoisotopic (exact) mass is 570 g/mol. The molecule has 0 aromatic heterocycles. The Morgan fingerprint density at radius 3 is 2.38 bits per heavy atom. The van der Waals surface area contributed by atoms with Gasteiger partial charge in [-0.1, -0.05) is 31.9 Å². The van der Waals surface area contributed by atoms with E-state index in [2.05, 4.69) is 29.1 Å². The van der Waals surface area contributed by atoms with E-state index in [-0.39, 0.29) is 30.2 Å². The molecule has 3 atom stereocenters. The molecule has 2 saturated carbocycles. The lowest BCUT2D eigenvalue weighted by Gasteiger charge is -2.23. The van der Waals surface area contributed by atoms with Crippen LogP contribution in [0, 0.1) is 11.8 Å². The first-order valence-corrected chi connectivity index (χ1v) is 15.4. The zero-order valence-electron chi connectivity index (χ0n) is 24.0. The predicted octanol–water partition coefficient (Wildman–Crippen LogP) is 2.74. The molecule has 0 aromatic rings. The summed E-state index contributed by atoms with van der Waals surface area (Å²) in [6.45, 7) is 9.36. The number of sulfonamides is 1. The molecular weight excluding hydrogens is 524 g/mol. The highest BCUT2D eigenvalue weighted by Gasteiger charge is 2.52. The van der Waals surface area contributed by atoms with E-state index < -0.39 is 38.4 Å². The number of rotatable bonds is 11. The molecule has 12 heteroatoms. The molecular formula is C27H46N4O7S. The molecule has 4 amide bonds. The van der Waals surface area contributed by atoms with Crippen LogP contribution in [0.4, 0.5) is 4.79 Å². The maximum atomic E-state index is 11.9. The van der Waals surface area contributed by atoms with E-state index in [4.69, 9.17) is 10.5 Å². The molecule has 4 N–H and O–H groups in total. The number of amides is 4. The van der Waals surface area contributed by atoms with Crippen molar-refractivity contribution in [1.82, 2.24) is 14.9 Å². The Hall–Kier alpha value is -2.63. The summed E-state index contributed by atoms with van der Waals surface area (Å²) in [5.41, 5.74) is 4.61. The molecule has 11 nitrogen and oxygen atoms in total. The highest BCUT2D eigenvalue weighted by molar-refractivity contribution is 7.91. The van der Waals surface area contributed by atoms with Crippen LogP contribution in [-0.4, -0.2) is 66.6 Å². The van der Waals surface area contributed by atoms with Crippen molar-refractivity contribution in [3.05, 3.63) is 12.2 Å². The van der Waals surface area contributed by atoms with Crippen LogP contribution in [0.15, 0.2) is 12.2 Å². The molecule has 39 heavy (non-hydrogen) atoms. The second kappa shape index (κ2) is 13.6. The fourth-order valence-electron chi connectivity index (χ4n) is 4.21. The van der Waals surface area contributed by atoms with Crippen LogP contribution in [-0.2, 0) is 29.1 Å². The number of carbonyl (C=O) groups excluding carboxylic acids is 4. The van der Waals surface area contributed by atoms with Crippen molar-refractivity contribution in [1.29, 1.82) is 0 Å². The molecule has 2 unspecified atom stereocenters. The summed E-state index contributed by atoms with van der Waals surface area (Å²) in [5, 5.41) is 2.37. The Morgan fingerprint density at radius 2 is 1.82 bits per heavy atom. The normalized spacial score (nSPS) is 23.4. The smallest absolute Gasteiger partial charge is 0.408 e. The number of allylic oxidation sites excluding steroid dienone is 2. The number of likely N-dealkylation sites (tertiary alicyclic amines) is 1.